The third-order valence-electron chi connectivity index (χ3n) is 5.04. The normalized spacial score (nSPS) is 19.7. The molecule has 1 heterocycles. The van der Waals surface area contributed by atoms with Gasteiger partial charge in [0.25, 0.3) is 0 Å². The highest BCUT2D eigenvalue weighted by Crippen LogP contribution is 2.50. The van der Waals surface area contributed by atoms with Crippen molar-refractivity contribution >= 4 is 17.3 Å². The van der Waals surface area contributed by atoms with Crippen molar-refractivity contribution in [1.29, 1.82) is 0 Å². The number of para-hydroxylation sites is 1. The van der Waals surface area contributed by atoms with Crippen LogP contribution in [0.1, 0.15) is 36.1 Å². The molecule has 0 radical (unpaired) electrons. The second kappa shape index (κ2) is 4.82. The lowest BCUT2D eigenvalue weighted by Crippen LogP contribution is -2.23. The minimum Gasteiger partial charge on any atom is -0.441 e. The SMILES string of the molecule is Cc1cccc(C)c1N=C1OC2=C(Cc3ccccc32)C1(C)C. The predicted molar refractivity (Wildman–Crippen MR) is 94.9 cm³/mol. The van der Waals surface area contributed by atoms with E-state index in [0.29, 0.717) is 0 Å². The zero-order valence-corrected chi connectivity index (χ0v) is 14.1. The Labute approximate surface area is 137 Å². The quantitative estimate of drug-likeness (QED) is 0.695. The standard InChI is InChI=1S/C21H21NO/c1-13-8-7-9-14(2)18(13)22-20-21(3,4)17-12-15-10-5-6-11-16(15)19(17)23-20/h5-11H,12H2,1-4H3. The van der Waals surface area contributed by atoms with Crippen LogP contribution in [0, 0.1) is 19.3 Å². The Balaban J connectivity index is 1.80. The van der Waals surface area contributed by atoms with Gasteiger partial charge in [0.2, 0.25) is 5.90 Å². The molecule has 2 aromatic rings. The van der Waals surface area contributed by atoms with E-state index in [-0.39, 0.29) is 5.41 Å². The van der Waals surface area contributed by atoms with Crippen LogP contribution in [0.15, 0.2) is 53.0 Å². The lowest BCUT2D eigenvalue weighted by Gasteiger charge is -2.21. The van der Waals surface area contributed by atoms with Crippen LogP contribution < -0.4 is 0 Å². The predicted octanol–water partition coefficient (Wildman–Crippen LogP) is 5.36. The number of fused-ring (bicyclic) bond motifs is 2. The van der Waals surface area contributed by atoms with Crippen LogP contribution in [-0.4, -0.2) is 5.90 Å². The lowest BCUT2D eigenvalue weighted by molar-refractivity contribution is 0.467. The van der Waals surface area contributed by atoms with E-state index in [1.165, 1.54) is 27.8 Å². The Morgan fingerprint density at radius 1 is 0.957 bits per heavy atom. The van der Waals surface area contributed by atoms with E-state index in [0.717, 1.165) is 23.8 Å². The van der Waals surface area contributed by atoms with Crippen molar-refractivity contribution in [3.05, 3.63) is 70.3 Å². The van der Waals surface area contributed by atoms with Gasteiger partial charge in [-0.25, -0.2) is 4.99 Å². The molecule has 23 heavy (non-hydrogen) atoms. The summed E-state index contributed by atoms with van der Waals surface area (Å²) in [7, 11) is 0. The summed E-state index contributed by atoms with van der Waals surface area (Å²) in [6, 6.07) is 14.8. The van der Waals surface area contributed by atoms with Gasteiger partial charge in [0.1, 0.15) is 5.76 Å². The van der Waals surface area contributed by atoms with Crippen molar-refractivity contribution in [2.75, 3.05) is 0 Å². The monoisotopic (exact) mass is 303 g/mol. The fourth-order valence-corrected chi connectivity index (χ4v) is 3.55. The number of aliphatic imine (C=N–C) groups is 1. The van der Waals surface area contributed by atoms with Gasteiger partial charge in [0.15, 0.2) is 0 Å². The van der Waals surface area contributed by atoms with E-state index in [2.05, 4.69) is 70.2 Å². The van der Waals surface area contributed by atoms with Crippen LogP contribution in [0.5, 0.6) is 0 Å². The highest BCUT2D eigenvalue weighted by Gasteiger charge is 2.45. The van der Waals surface area contributed by atoms with Gasteiger partial charge < -0.3 is 4.74 Å². The summed E-state index contributed by atoms with van der Waals surface area (Å²) < 4.78 is 6.27. The summed E-state index contributed by atoms with van der Waals surface area (Å²) in [6.07, 6.45) is 0.963. The molecule has 0 N–H and O–H groups in total. The molecule has 0 amide bonds. The van der Waals surface area contributed by atoms with Gasteiger partial charge in [-0.15, -0.1) is 0 Å². The number of hydrogen-bond acceptors (Lipinski definition) is 2. The molecule has 2 aromatic carbocycles. The smallest absolute Gasteiger partial charge is 0.205 e. The molecule has 2 heteroatoms. The third-order valence-corrected chi connectivity index (χ3v) is 5.04. The summed E-state index contributed by atoms with van der Waals surface area (Å²) >= 11 is 0. The Hall–Kier alpha value is -2.35. The van der Waals surface area contributed by atoms with Gasteiger partial charge in [-0.2, -0.15) is 0 Å². The molecule has 4 rings (SSSR count). The third kappa shape index (κ3) is 2.05. The molecular weight excluding hydrogens is 282 g/mol. The van der Waals surface area contributed by atoms with Crippen molar-refractivity contribution in [3.8, 4) is 0 Å². The van der Waals surface area contributed by atoms with Crippen LogP contribution in [0.2, 0.25) is 0 Å². The van der Waals surface area contributed by atoms with Crippen molar-refractivity contribution in [1.82, 2.24) is 0 Å². The van der Waals surface area contributed by atoms with Gasteiger partial charge in [-0.05, 0) is 56.4 Å². The minimum absolute atomic E-state index is 0.164. The Morgan fingerprint density at radius 3 is 2.39 bits per heavy atom. The summed E-state index contributed by atoms with van der Waals surface area (Å²) in [4.78, 5) is 4.92. The summed E-state index contributed by atoms with van der Waals surface area (Å²) in [6.45, 7) is 8.64. The molecule has 0 spiro atoms. The highest BCUT2D eigenvalue weighted by molar-refractivity contribution is 6.00. The number of nitrogens with zero attached hydrogens (tertiary/aromatic N) is 1. The number of rotatable bonds is 1. The maximum Gasteiger partial charge on any atom is 0.205 e. The molecule has 0 unspecified atom stereocenters. The second-order valence-corrected chi connectivity index (χ2v) is 7.03. The van der Waals surface area contributed by atoms with Crippen molar-refractivity contribution in [3.63, 3.8) is 0 Å². The molecule has 1 aliphatic heterocycles. The largest absolute Gasteiger partial charge is 0.441 e. The zero-order valence-electron chi connectivity index (χ0n) is 14.1. The van der Waals surface area contributed by atoms with E-state index in [4.69, 9.17) is 9.73 Å². The average molecular weight is 303 g/mol. The molecule has 0 atom stereocenters. The van der Waals surface area contributed by atoms with Crippen LogP contribution in [0.25, 0.3) is 5.76 Å². The molecule has 0 saturated carbocycles. The van der Waals surface area contributed by atoms with Crippen LogP contribution in [0.3, 0.4) is 0 Å². The summed E-state index contributed by atoms with van der Waals surface area (Å²) in [5.74, 6) is 1.84. The van der Waals surface area contributed by atoms with Gasteiger partial charge in [0.05, 0.1) is 11.1 Å². The van der Waals surface area contributed by atoms with Gasteiger partial charge >= 0.3 is 0 Å². The minimum atomic E-state index is -0.164. The molecule has 2 nitrogen and oxygen atoms in total. The molecular formula is C21H21NO. The highest BCUT2D eigenvalue weighted by atomic mass is 16.5. The van der Waals surface area contributed by atoms with Crippen molar-refractivity contribution < 1.29 is 4.74 Å². The second-order valence-electron chi connectivity index (χ2n) is 7.03. The number of hydrogen-bond donors (Lipinski definition) is 0. The Morgan fingerprint density at radius 2 is 1.65 bits per heavy atom. The maximum atomic E-state index is 6.27. The number of ether oxygens (including phenoxy) is 1. The Bertz CT molecular complexity index is 851. The van der Waals surface area contributed by atoms with Gasteiger partial charge in [-0.3, -0.25) is 0 Å². The molecule has 0 bridgehead atoms. The fraction of sp³-hybridized carbons (Fsp3) is 0.286. The first kappa shape index (κ1) is 14.3. The summed E-state index contributed by atoms with van der Waals surface area (Å²) in [5.41, 5.74) is 7.17. The molecule has 0 fully saturated rings. The molecule has 2 aliphatic rings. The first-order valence-corrected chi connectivity index (χ1v) is 8.13. The molecule has 116 valence electrons. The van der Waals surface area contributed by atoms with E-state index in [1.807, 2.05) is 0 Å². The van der Waals surface area contributed by atoms with E-state index in [9.17, 15) is 0 Å². The van der Waals surface area contributed by atoms with Crippen LogP contribution in [0.4, 0.5) is 5.69 Å². The first-order chi connectivity index (χ1) is 11.0. The zero-order chi connectivity index (χ0) is 16.2. The number of aryl methyl sites for hydroxylation is 2. The average Bonchev–Trinajstić information content (AvgIpc) is 2.99. The maximum absolute atomic E-state index is 6.27. The van der Waals surface area contributed by atoms with Crippen LogP contribution in [-0.2, 0) is 11.2 Å². The van der Waals surface area contributed by atoms with Crippen LogP contribution >= 0.6 is 0 Å². The fourth-order valence-electron chi connectivity index (χ4n) is 3.55. The first-order valence-electron chi connectivity index (χ1n) is 8.13. The van der Waals surface area contributed by atoms with Gasteiger partial charge in [0, 0.05) is 5.56 Å². The lowest BCUT2D eigenvalue weighted by atomic mass is 9.84. The molecule has 1 aliphatic carbocycles. The Kier molecular flexibility index (Phi) is 2.99. The summed E-state index contributed by atoms with van der Waals surface area (Å²) in [5, 5.41) is 0. The van der Waals surface area contributed by atoms with Crippen molar-refractivity contribution in [2.45, 2.75) is 34.1 Å². The molecule has 0 aromatic heterocycles. The van der Waals surface area contributed by atoms with Crippen molar-refractivity contribution in [2.24, 2.45) is 10.4 Å². The topological polar surface area (TPSA) is 21.6 Å². The molecule has 0 saturated heterocycles. The van der Waals surface area contributed by atoms with Gasteiger partial charge in [-0.1, -0.05) is 42.5 Å². The van der Waals surface area contributed by atoms with E-state index >= 15 is 0 Å². The van der Waals surface area contributed by atoms with E-state index in [1.54, 1.807) is 0 Å². The number of benzene rings is 2. The van der Waals surface area contributed by atoms with E-state index < -0.39 is 0 Å².